The molecule has 0 fully saturated rings. The van der Waals surface area contributed by atoms with E-state index in [-0.39, 0.29) is 5.75 Å². The van der Waals surface area contributed by atoms with E-state index in [0.29, 0.717) is 5.75 Å². The normalized spacial score (nSPS) is 11.1. The molecule has 0 unspecified atom stereocenters. The van der Waals surface area contributed by atoms with Crippen molar-refractivity contribution in [3.8, 4) is 17.2 Å². The molecule has 0 aliphatic carbocycles. The van der Waals surface area contributed by atoms with Crippen LogP contribution in [0.3, 0.4) is 0 Å². The number of anilines is 1. The molecule has 0 saturated carbocycles. The van der Waals surface area contributed by atoms with Crippen molar-refractivity contribution in [3.05, 3.63) is 60.7 Å². The van der Waals surface area contributed by atoms with Crippen molar-refractivity contribution in [2.45, 2.75) is 0 Å². The van der Waals surface area contributed by atoms with Crippen molar-refractivity contribution in [3.63, 3.8) is 0 Å². The number of aromatic hydroxyl groups is 1. The molecule has 0 spiro atoms. The Morgan fingerprint density at radius 2 is 1.54 bits per heavy atom. The monoisotopic (exact) mass is 318 g/mol. The fourth-order valence-electron chi connectivity index (χ4n) is 2.96. The number of fused-ring (bicyclic) bond motifs is 3. The van der Waals surface area contributed by atoms with Crippen molar-refractivity contribution in [2.75, 3.05) is 19.0 Å². The van der Waals surface area contributed by atoms with Crippen LogP contribution in [-0.4, -0.2) is 24.2 Å². The third-order valence-corrected chi connectivity index (χ3v) is 4.14. The number of hydrogen-bond donors (Lipinski definition) is 2. The summed E-state index contributed by atoms with van der Waals surface area (Å²) in [5.74, 6) is 1.68. The topological polar surface area (TPSA) is 48.5 Å². The summed E-state index contributed by atoms with van der Waals surface area (Å²) < 4.78 is 5.97. The summed E-state index contributed by atoms with van der Waals surface area (Å²) in [5.41, 5.74) is 2.88. The minimum absolute atomic E-state index is 0.235. The zero-order valence-electron chi connectivity index (χ0n) is 13.6. The van der Waals surface area contributed by atoms with Gasteiger partial charge in [0.25, 0.3) is 0 Å². The molecule has 3 aromatic carbocycles. The smallest absolute Gasteiger partial charge is 0.139 e. The Hall–Kier alpha value is -3.14. The quantitative estimate of drug-likeness (QED) is 0.566. The number of phenolic OH excluding ortho intramolecular Hbond substituents is 1. The summed E-state index contributed by atoms with van der Waals surface area (Å²) >= 11 is 0. The van der Waals surface area contributed by atoms with E-state index >= 15 is 0 Å². The number of aromatic nitrogens is 1. The Bertz CT molecular complexity index is 1030. The number of benzene rings is 3. The SMILES string of the molecule is CN(C)c1cc(Oc2ccc3c(c2)[nH]c2ccccc23)ccc1O. The second-order valence-corrected chi connectivity index (χ2v) is 6.02. The Morgan fingerprint density at radius 3 is 2.38 bits per heavy atom. The minimum atomic E-state index is 0.235. The van der Waals surface area contributed by atoms with Crippen molar-refractivity contribution in [1.29, 1.82) is 0 Å². The lowest BCUT2D eigenvalue weighted by atomic mass is 10.1. The van der Waals surface area contributed by atoms with Crippen LogP contribution < -0.4 is 9.64 Å². The molecule has 2 N–H and O–H groups in total. The van der Waals surface area contributed by atoms with E-state index in [9.17, 15) is 5.11 Å². The molecular formula is C20H18N2O2. The van der Waals surface area contributed by atoms with Gasteiger partial charge in [-0.05, 0) is 30.3 Å². The molecule has 0 atom stereocenters. The molecular weight excluding hydrogens is 300 g/mol. The van der Waals surface area contributed by atoms with Crippen LogP contribution in [0, 0.1) is 0 Å². The first-order chi connectivity index (χ1) is 11.6. The Kier molecular flexibility index (Phi) is 3.31. The van der Waals surface area contributed by atoms with Gasteiger partial charge in [-0.15, -0.1) is 0 Å². The first kappa shape index (κ1) is 14.5. The summed E-state index contributed by atoms with van der Waals surface area (Å²) in [7, 11) is 3.77. The fourth-order valence-corrected chi connectivity index (χ4v) is 2.96. The zero-order chi connectivity index (χ0) is 16.7. The summed E-state index contributed by atoms with van der Waals surface area (Å²) in [6.07, 6.45) is 0. The number of para-hydroxylation sites is 1. The van der Waals surface area contributed by atoms with Crippen LogP contribution in [0.15, 0.2) is 60.7 Å². The second-order valence-electron chi connectivity index (χ2n) is 6.02. The van der Waals surface area contributed by atoms with Crippen LogP contribution in [0.2, 0.25) is 0 Å². The molecule has 0 aliphatic heterocycles. The molecule has 0 aliphatic rings. The molecule has 4 rings (SSSR count). The van der Waals surface area contributed by atoms with Crippen molar-refractivity contribution in [1.82, 2.24) is 4.98 Å². The molecule has 4 aromatic rings. The maximum atomic E-state index is 9.89. The molecule has 0 radical (unpaired) electrons. The highest BCUT2D eigenvalue weighted by molar-refractivity contribution is 6.07. The first-order valence-corrected chi connectivity index (χ1v) is 7.80. The van der Waals surface area contributed by atoms with E-state index in [1.54, 1.807) is 12.1 Å². The number of nitrogens with one attached hydrogen (secondary N) is 1. The van der Waals surface area contributed by atoms with Crippen LogP contribution in [0.25, 0.3) is 21.8 Å². The standard InChI is InChI=1S/C20H18N2O2/c1-22(2)19-12-14(8-10-20(19)23)24-13-7-9-16-15-5-3-4-6-17(15)21-18(16)11-13/h3-12,21,23H,1-2H3. The largest absolute Gasteiger partial charge is 0.506 e. The van der Waals surface area contributed by atoms with E-state index < -0.39 is 0 Å². The molecule has 24 heavy (non-hydrogen) atoms. The van der Waals surface area contributed by atoms with Gasteiger partial charge >= 0.3 is 0 Å². The molecule has 4 heteroatoms. The molecule has 120 valence electrons. The van der Waals surface area contributed by atoms with Gasteiger partial charge in [0.2, 0.25) is 0 Å². The number of ether oxygens (including phenoxy) is 1. The summed E-state index contributed by atoms with van der Waals surface area (Å²) in [4.78, 5) is 5.26. The number of rotatable bonds is 3. The van der Waals surface area contributed by atoms with Gasteiger partial charge in [-0.25, -0.2) is 0 Å². The average Bonchev–Trinajstić information content (AvgIpc) is 2.94. The van der Waals surface area contributed by atoms with Gasteiger partial charge in [0.05, 0.1) is 11.2 Å². The lowest BCUT2D eigenvalue weighted by molar-refractivity contribution is 0.465. The highest BCUT2D eigenvalue weighted by Crippen LogP contribution is 2.34. The third kappa shape index (κ3) is 2.42. The van der Waals surface area contributed by atoms with Gasteiger partial charge in [-0.2, -0.15) is 0 Å². The van der Waals surface area contributed by atoms with Crippen molar-refractivity contribution in [2.24, 2.45) is 0 Å². The predicted octanol–water partition coefficient (Wildman–Crippen LogP) is 4.89. The van der Waals surface area contributed by atoms with Crippen LogP contribution >= 0.6 is 0 Å². The number of H-pyrrole nitrogens is 1. The van der Waals surface area contributed by atoms with Gasteiger partial charge in [0.15, 0.2) is 0 Å². The van der Waals surface area contributed by atoms with E-state index in [4.69, 9.17) is 4.74 Å². The Labute approximate surface area is 139 Å². The van der Waals surface area contributed by atoms with Crippen molar-refractivity contribution >= 4 is 27.5 Å². The number of nitrogens with zero attached hydrogens (tertiary/aromatic N) is 1. The van der Waals surface area contributed by atoms with E-state index in [1.165, 1.54) is 10.8 Å². The van der Waals surface area contributed by atoms with Crippen LogP contribution in [0.1, 0.15) is 0 Å². The molecule has 1 aromatic heterocycles. The predicted molar refractivity (Wildman–Crippen MR) is 98.3 cm³/mol. The minimum Gasteiger partial charge on any atom is -0.506 e. The lowest BCUT2D eigenvalue weighted by Gasteiger charge is -2.15. The average molecular weight is 318 g/mol. The highest BCUT2D eigenvalue weighted by Gasteiger charge is 2.08. The summed E-state index contributed by atoms with van der Waals surface area (Å²) in [6.45, 7) is 0. The summed E-state index contributed by atoms with van der Waals surface area (Å²) in [5, 5.41) is 12.3. The highest BCUT2D eigenvalue weighted by atomic mass is 16.5. The van der Waals surface area contributed by atoms with Crippen LogP contribution in [-0.2, 0) is 0 Å². The van der Waals surface area contributed by atoms with Gasteiger partial charge in [0.1, 0.15) is 17.2 Å². The molecule has 0 saturated heterocycles. The molecule has 0 amide bonds. The van der Waals surface area contributed by atoms with Gasteiger partial charge < -0.3 is 19.7 Å². The maximum absolute atomic E-state index is 9.89. The Morgan fingerprint density at radius 1 is 0.833 bits per heavy atom. The van der Waals surface area contributed by atoms with Gasteiger partial charge in [0, 0.05) is 42.5 Å². The number of aromatic amines is 1. The van der Waals surface area contributed by atoms with Gasteiger partial charge in [-0.1, -0.05) is 18.2 Å². The first-order valence-electron chi connectivity index (χ1n) is 7.80. The summed E-state index contributed by atoms with van der Waals surface area (Å²) in [6, 6.07) is 19.5. The van der Waals surface area contributed by atoms with Crippen LogP contribution in [0.4, 0.5) is 5.69 Å². The maximum Gasteiger partial charge on any atom is 0.139 e. The van der Waals surface area contributed by atoms with E-state index in [2.05, 4.69) is 23.2 Å². The lowest BCUT2D eigenvalue weighted by Crippen LogP contribution is -2.08. The van der Waals surface area contributed by atoms with E-state index in [1.807, 2.05) is 49.3 Å². The number of hydrogen-bond acceptors (Lipinski definition) is 3. The molecule has 4 nitrogen and oxygen atoms in total. The van der Waals surface area contributed by atoms with Crippen molar-refractivity contribution < 1.29 is 9.84 Å². The third-order valence-electron chi connectivity index (χ3n) is 4.14. The molecule has 1 heterocycles. The van der Waals surface area contributed by atoms with E-state index in [0.717, 1.165) is 22.5 Å². The second kappa shape index (κ2) is 5.49. The Balaban J connectivity index is 1.72. The molecule has 0 bridgehead atoms. The zero-order valence-corrected chi connectivity index (χ0v) is 13.6. The fraction of sp³-hybridized carbons (Fsp3) is 0.100. The number of phenols is 1. The van der Waals surface area contributed by atoms with Gasteiger partial charge in [-0.3, -0.25) is 0 Å². The van der Waals surface area contributed by atoms with Crippen LogP contribution in [0.5, 0.6) is 17.2 Å².